The van der Waals surface area contributed by atoms with Crippen LogP contribution in [0.5, 0.6) is 5.75 Å². The van der Waals surface area contributed by atoms with E-state index in [1.165, 1.54) is 76.1 Å². The van der Waals surface area contributed by atoms with E-state index >= 15 is 0 Å². The van der Waals surface area contributed by atoms with E-state index in [9.17, 15) is 4.79 Å². The normalized spacial score (nSPS) is 21.6. The highest BCUT2D eigenvalue weighted by Crippen LogP contribution is 2.44. The number of carbonyl (C=O) groups is 1. The molecule has 1 saturated heterocycles. The van der Waals surface area contributed by atoms with Gasteiger partial charge >= 0.3 is 5.97 Å². The van der Waals surface area contributed by atoms with Gasteiger partial charge in [0, 0.05) is 11.6 Å². The fourth-order valence-electron chi connectivity index (χ4n) is 4.25. The minimum Gasteiger partial charge on any atom is -0.423 e. The molecule has 1 aromatic rings. The molecule has 1 heterocycles. The summed E-state index contributed by atoms with van der Waals surface area (Å²) in [5.41, 5.74) is 1.45. The first-order chi connectivity index (χ1) is 11.2. The molecule has 124 valence electrons. The molecule has 1 saturated carbocycles. The standard InChI is InChI=1S/C20H27NO2/c1-2-19(22)23-18-11-9-10-17(16-18)20(12-5-3-6-13-20)21-14-7-4-8-15-21/h2,9-11,16H,1,3-8,12-15H2. The molecule has 0 radical (unpaired) electrons. The molecular weight excluding hydrogens is 286 g/mol. The van der Waals surface area contributed by atoms with Gasteiger partial charge in [-0.1, -0.05) is 44.4 Å². The summed E-state index contributed by atoms with van der Waals surface area (Å²) in [5, 5.41) is 0. The van der Waals surface area contributed by atoms with Gasteiger partial charge < -0.3 is 4.74 Å². The van der Waals surface area contributed by atoms with Crippen LogP contribution in [-0.2, 0) is 10.3 Å². The number of carbonyl (C=O) groups excluding carboxylic acids is 1. The van der Waals surface area contributed by atoms with Crippen LogP contribution in [0.4, 0.5) is 0 Å². The second-order valence-electron chi connectivity index (χ2n) is 6.79. The van der Waals surface area contributed by atoms with Gasteiger partial charge in [0.2, 0.25) is 0 Å². The Bertz CT molecular complexity index is 555. The number of hydrogen-bond donors (Lipinski definition) is 0. The summed E-state index contributed by atoms with van der Waals surface area (Å²) in [6.45, 7) is 5.86. The van der Waals surface area contributed by atoms with E-state index in [1.54, 1.807) is 0 Å². The number of hydrogen-bond acceptors (Lipinski definition) is 3. The molecule has 3 rings (SSSR count). The topological polar surface area (TPSA) is 29.5 Å². The largest absolute Gasteiger partial charge is 0.423 e. The lowest BCUT2D eigenvalue weighted by Gasteiger charge is -2.48. The molecule has 2 fully saturated rings. The number of benzene rings is 1. The van der Waals surface area contributed by atoms with E-state index in [4.69, 9.17) is 4.74 Å². The van der Waals surface area contributed by atoms with E-state index in [1.807, 2.05) is 12.1 Å². The summed E-state index contributed by atoms with van der Waals surface area (Å²) < 4.78 is 5.35. The number of esters is 1. The molecule has 0 aromatic heterocycles. The summed E-state index contributed by atoms with van der Waals surface area (Å²) >= 11 is 0. The summed E-state index contributed by atoms with van der Waals surface area (Å²) in [7, 11) is 0. The highest BCUT2D eigenvalue weighted by atomic mass is 16.5. The summed E-state index contributed by atoms with van der Waals surface area (Å²) in [4.78, 5) is 14.2. The van der Waals surface area contributed by atoms with Crippen LogP contribution in [0.15, 0.2) is 36.9 Å². The highest BCUT2D eigenvalue weighted by molar-refractivity contribution is 5.83. The Morgan fingerprint density at radius 2 is 1.78 bits per heavy atom. The highest BCUT2D eigenvalue weighted by Gasteiger charge is 2.40. The van der Waals surface area contributed by atoms with Crippen molar-refractivity contribution in [3.8, 4) is 5.75 Å². The van der Waals surface area contributed by atoms with Crippen molar-refractivity contribution in [3.05, 3.63) is 42.5 Å². The van der Waals surface area contributed by atoms with Crippen molar-refractivity contribution in [3.63, 3.8) is 0 Å². The van der Waals surface area contributed by atoms with Gasteiger partial charge in [0.25, 0.3) is 0 Å². The van der Waals surface area contributed by atoms with Crippen molar-refractivity contribution in [2.75, 3.05) is 13.1 Å². The van der Waals surface area contributed by atoms with E-state index in [-0.39, 0.29) is 5.54 Å². The van der Waals surface area contributed by atoms with Crippen molar-refractivity contribution in [1.82, 2.24) is 4.90 Å². The van der Waals surface area contributed by atoms with E-state index < -0.39 is 5.97 Å². The molecule has 1 aliphatic heterocycles. The van der Waals surface area contributed by atoms with Gasteiger partial charge in [0.1, 0.15) is 5.75 Å². The molecule has 1 aromatic carbocycles. The Morgan fingerprint density at radius 1 is 1.09 bits per heavy atom. The van der Waals surface area contributed by atoms with E-state index in [2.05, 4.69) is 23.6 Å². The molecule has 0 atom stereocenters. The summed E-state index contributed by atoms with van der Waals surface area (Å²) in [5.74, 6) is 0.243. The molecule has 2 aliphatic rings. The third-order valence-corrected chi connectivity index (χ3v) is 5.40. The predicted octanol–water partition coefficient (Wildman–Crippen LogP) is 4.42. The van der Waals surface area contributed by atoms with Crippen molar-refractivity contribution < 1.29 is 9.53 Å². The molecule has 0 amide bonds. The predicted molar refractivity (Wildman–Crippen MR) is 92.5 cm³/mol. The zero-order chi connectivity index (χ0) is 16.1. The van der Waals surface area contributed by atoms with Gasteiger partial charge in [-0.05, 0) is 56.5 Å². The molecule has 0 bridgehead atoms. The van der Waals surface area contributed by atoms with E-state index in [0.717, 1.165) is 0 Å². The molecule has 3 nitrogen and oxygen atoms in total. The van der Waals surface area contributed by atoms with Crippen molar-refractivity contribution in [1.29, 1.82) is 0 Å². The van der Waals surface area contributed by atoms with Crippen LogP contribution in [0, 0.1) is 0 Å². The smallest absolute Gasteiger partial charge is 0.335 e. The van der Waals surface area contributed by atoms with Crippen LogP contribution in [0.25, 0.3) is 0 Å². The maximum atomic E-state index is 11.5. The fraction of sp³-hybridized carbons (Fsp3) is 0.550. The Morgan fingerprint density at radius 3 is 2.48 bits per heavy atom. The lowest BCUT2D eigenvalue weighted by Crippen LogP contribution is -2.49. The Balaban J connectivity index is 1.91. The quantitative estimate of drug-likeness (QED) is 0.468. The third kappa shape index (κ3) is 3.50. The molecule has 0 unspecified atom stereocenters. The molecule has 1 aliphatic carbocycles. The maximum Gasteiger partial charge on any atom is 0.335 e. The Kier molecular flexibility index (Phi) is 5.16. The lowest BCUT2D eigenvalue weighted by molar-refractivity contribution is -0.128. The molecule has 23 heavy (non-hydrogen) atoms. The fourth-order valence-corrected chi connectivity index (χ4v) is 4.25. The summed E-state index contributed by atoms with van der Waals surface area (Å²) in [6.07, 6.45) is 11.5. The van der Waals surface area contributed by atoms with Gasteiger partial charge in [-0.25, -0.2) is 4.79 Å². The number of piperidine rings is 1. The Hall–Kier alpha value is -1.61. The number of rotatable bonds is 4. The number of ether oxygens (including phenoxy) is 1. The zero-order valence-electron chi connectivity index (χ0n) is 13.9. The number of likely N-dealkylation sites (tertiary alicyclic amines) is 1. The van der Waals surface area contributed by atoms with Crippen LogP contribution in [0.3, 0.4) is 0 Å². The van der Waals surface area contributed by atoms with Crippen LogP contribution >= 0.6 is 0 Å². The van der Waals surface area contributed by atoms with Crippen molar-refractivity contribution in [2.24, 2.45) is 0 Å². The second kappa shape index (κ2) is 7.31. The van der Waals surface area contributed by atoms with E-state index in [0.29, 0.717) is 5.75 Å². The van der Waals surface area contributed by atoms with Gasteiger partial charge in [0.05, 0.1) is 0 Å². The average molecular weight is 313 g/mol. The minimum absolute atomic E-state index is 0.134. The number of nitrogens with zero attached hydrogens (tertiary/aromatic N) is 1. The third-order valence-electron chi connectivity index (χ3n) is 5.40. The second-order valence-corrected chi connectivity index (χ2v) is 6.79. The summed E-state index contributed by atoms with van der Waals surface area (Å²) in [6, 6.07) is 8.16. The minimum atomic E-state index is -0.391. The first-order valence-corrected chi connectivity index (χ1v) is 8.94. The van der Waals surface area contributed by atoms with Crippen LogP contribution < -0.4 is 4.74 Å². The van der Waals surface area contributed by atoms with Gasteiger partial charge in [-0.15, -0.1) is 0 Å². The molecule has 0 N–H and O–H groups in total. The monoisotopic (exact) mass is 313 g/mol. The van der Waals surface area contributed by atoms with Crippen LogP contribution in [0.2, 0.25) is 0 Å². The van der Waals surface area contributed by atoms with Gasteiger partial charge in [-0.3, -0.25) is 4.90 Å². The van der Waals surface area contributed by atoms with Crippen molar-refractivity contribution >= 4 is 5.97 Å². The van der Waals surface area contributed by atoms with Gasteiger partial charge in [-0.2, -0.15) is 0 Å². The lowest BCUT2D eigenvalue weighted by atomic mass is 9.74. The maximum absolute atomic E-state index is 11.5. The Labute approximate surface area is 139 Å². The SMILES string of the molecule is C=CC(=O)Oc1cccc(C2(N3CCCCC3)CCCCC2)c1. The first-order valence-electron chi connectivity index (χ1n) is 8.94. The van der Waals surface area contributed by atoms with Crippen LogP contribution in [0.1, 0.15) is 56.9 Å². The first kappa shape index (κ1) is 16.3. The molecular formula is C20H27NO2. The molecule has 3 heteroatoms. The van der Waals surface area contributed by atoms with Crippen molar-refractivity contribution in [2.45, 2.75) is 56.9 Å². The zero-order valence-corrected chi connectivity index (χ0v) is 13.9. The van der Waals surface area contributed by atoms with Gasteiger partial charge in [0.15, 0.2) is 0 Å². The van der Waals surface area contributed by atoms with Crippen LogP contribution in [-0.4, -0.2) is 24.0 Å². The molecule has 0 spiro atoms. The average Bonchev–Trinajstić information content (AvgIpc) is 2.63.